The number of carbonyl (C=O) groups excluding carboxylic acids is 3. The van der Waals surface area contributed by atoms with Gasteiger partial charge in [0.1, 0.15) is 11.3 Å². The van der Waals surface area contributed by atoms with Crippen LogP contribution < -0.4 is 11.1 Å². The first-order chi connectivity index (χ1) is 9.41. The van der Waals surface area contributed by atoms with Crippen LogP contribution >= 0.6 is 0 Å². The number of ketones is 1. The monoisotopic (exact) mass is 276 g/mol. The van der Waals surface area contributed by atoms with Gasteiger partial charge < -0.3 is 14.6 Å². The average Bonchev–Trinajstić information content (AvgIpc) is 2.95. The molecule has 0 saturated heterocycles. The number of carbonyl (C=O) groups is 3. The van der Waals surface area contributed by atoms with Gasteiger partial charge >= 0.3 is 0 Å². The van der Waals surface area contributed by atoms with E-state index in [1.807, 2.05) is 0 Å². The van der Waals surface area contributed by atoms with Gasteiger partial charge in [0.25, 0.3) is 11.8 Å². The van der Waals surface area contributed by atoms with Crippen LogP contribution in [0.3, 0.4) is 0 Å². The summed E-state index contributed by atoms with van der Waals surface area (Å²) in [5.74, 6) is -1.76. The van der Waals surface area contributed by atoms with Gasteiger partial charge in [-0.15, -0.1) is 0 Å². The lowest BCUT2D eigenvalue weighted by Crippen LogP contribution is -2.18. The van der Waals surface area contributed by atoms with Crippen molar-refractivity contribution in [2.24, 2.45) is 5.73 Å². The highest BCUT2D eigenvalue weighted by Crippen LogP contribution is 2.27. The molecule has 0 atom stereocenters. The fourth-order valence-electron chi connectivity index (χ4n) is 1.86. The number of amides is 2. The third-order valence-electron chi connectivity index (χ3n) is 2.65. The van der Waals surface area contributed by atoms with Gasteiger partial charge in [0, 0.05) is 0 Å². The van der Waals surface area contributed by atoms with Crippen LogP contribution in [0.2, 0.25) is 0 Å². The minimum absolute atomic E-state index is 0.0406. The van der Waals surface area contributed by atoms with E-state index < -0.39 is 11.8 Å². The van der Waals surface area contributed by atoms with E-state index in [0.717, 1.165) is 0 Å². The third kappa shape index (κ3) is 2.33. The minimum atomic E-state index is -0.859. The van der Waals surface area contributed by atoms with Crippen molar-refractivity contribution in [1.82, 2.24) is 0 Å². The van der Waals surface area contributed by atoms with Crippen molar-refractivity contribution in [3.63, 3.8) is 0 Å². The number of aryl methyl sites for hydroxylation is 1. The van der Waals surface area contributed by atoms with E-state index in [2.05, 4.69) is 5.32 Å². The molecule has 20 heavy (non-hydrogen) atoms. The van der Waals surface area contributed by atoms with E-state index in [1.165, 1.54) is 32.2 Å². The molecule has 0 radical (unpaired) electrons. The number of hydrogen-bond acceptors (Lipinski definition) is 5. The zero-order valence-electron chi connectivity index (χ0n) is 10.9. The number of anilines is 1. The van der Waals surface area contributed by atoms with Gasteiger partial charge in [-0.1, -0.05) is 0 Å². The van der Waals surface area contributed by atoms with Gasteiger partial charge in [0.05, 0.1) is 11.8 Å². The van der Waals surface area contributed by atoms with Crippen molar-refractivity contribution in [2.75, 3.05) is 5.32 Å². The van der Waals surface area contributed by atoms with Crippen LogP contribution in [0.1, 0.15) is 44.0 Å². The number of primary amides is 1. The van der Waals surface area contributed by atoms with E-state index in [4.69, 9.17) is 14.6 Å². The molecule has 104 valence electrons. The molecule has 0 saturated carbocycles. The van der Waals surface area contributed by atoms with Crippen molar-refractivity contribution in [3.05, 3.63) is 41.0 Å². The predicted octanol–water partition coefficient (Wildman–Crippen LogP) is 1.73. The summed E-state index contributed by atoms with van der Waals surface area (Å²) < 4.78 is 10.2. The number of Topliss-reactive ketones (excluding diaryl/α,β-unsaturated/α-hetero) is 1. The molecule has 0 fully saturated rings. The Bertz CT molecular complexity index is 682. The molecule has 2 heterocycles. The molecule has 0 aliphatic heterocycles. The highest BCUT2D eigenvalue weighted by atomic mass is 16.4. The topological polar surface area (TPSA) is 116 Å². The Morgan fingerprint density at radius 3 is 2.45 bits per heavy atom. The minimum Gasteiger partial charge on any atom is -0.459 e. The highest BCUT2D eigenvalue weighted by Gasteiger charge is 2.26. The molecule has 0 bridgehead atoms. The molecule has 7 heteroatoms. The molecule has 0 spiro atoms. The Labute approximate surface area is 113 Å². The summed E-state index contributed by atoms with van der Waals surface area (Å²) in [5.41, 5.74) is 5.15. The normalized spacial score (nSPS) is 10.3. The summed E-state index contributed by atoms with van der Waals surface area (Å²) in [5, 5.41) is 2.36. The number of hydrogen-bond donors (Lipinski definition) is 2. The fraction of sp³-hybridized carbons (Fsp3) is 0.154. The van der Waals surface area contributed by atoms with Crippen LogP contribution in [0.4, 0.5) is 5.88 Å². The lowest BCUT2D eigenvalue weighted by atomic mass is 10.1. The van der Waals surface area contributed by atoms with Crippen molar-refractivity contribution < 1.29 is 23.2 Å². The molecule has 7 nitrogen and oxygen atoms in total. The van der Waals surface area contributed by atoms with Gasteiger partial charge in [-0.3, -0.25) is 19.7 Å². The third-order valence-corrected chi connectivity index (χ3v) is 2.65. The summed E-state index contributed by atoms with van der Waals surface area (Å²) in [7, 11) is 0. The Morgan fingerprint density at radius 1 is 1.25 bits per heavy atom. The maximum absolute atomic E-state index is 11.8. The Hall–Kier alpha value is -2.83. The molecular weight excluding hydrogens is 264 g/mol. The lowest BCUT2D eigenvalue weighted by molar-refractivity contribution is 0.0973. The Morgan fingerprint density at radius 2 is 1.95 bits per heavy atom. The smallest absolute Gasteiger partial charge is 0.293 e. The van der Waals surface area contributed by atoms with Crippen LogP contribution in [0.15, 0.2) is 27.2 Å². The van der Waals surface area contributed by atoms with E-state index in [9.17, 15) is 14.4 Å². The van der Waals surface area contributed by atoms with Crippen LogP contribution in [0.25, 0.3) is 0 Å². The first-order valence-corrected chi connectivity index (χ1v) is 5.70. The second kappa shape index (κ2) is 5.04. The average molecular weight is 276 g/mol. The number of nitrogens with one attached hydrogen (secondary N) is 1. The van der Waals surface area contributed by atoms with Crippen LogP contribution in [0.5, 0.6) is 0 Å². The molecule has 2 aromatic rings. The molecular formula is C13H12N2O5. The Balaban J connectivity index is 2.42. The van der Waals surface area contributed by atoms with Crippen molar-refractivity contribution >= 4 is 23.5 Å². The number of furan rings is 2. The maximum atomic E-state index is 11.8. The van der Waals surface area contributed by atoms with Gasteiger partial charge in [-0.05, 0) is 26.0 Å². The predicted molar refractivity (Wildman–Crippen MR) is 68.6 cm³/mol. The van der Waals surface area contributed by atoms with Crippen LogP contribution in [-0.2, 0) is 0 Å². The zero-order chi connectivity index (χ0) is 14.9. The fourth-order valence-corrected chi connectivity index (χ4v) is 1.86. The Kier molecular flexibility index (Phi) is 3.43. The molecule has 0 aliphatic rings. The number of nitrogens with two attached hydrogens (primary N) is 1. The van der Waals surface area contributed by atoms with Crippen molar-refractivity contribution in [1.29, 1.82) is 0 Å². The molecule has 0 aromatic carbocycles. The van der Waals surface area contributed by atoms with E-state index in [1.54, 1.807) is 0 Å². The summed E-state index contributed by atoms with van der Waals surface area (Å²) in [6, 6.07) is 2.99. The molecule has 2 rings (SSSR count). The lowest BCUT2D eigenvalue weighted by Gasteiger charge is -2.01. The molecule has 2 amide bonds. The van der Waals surface area contributed by atoms with Crippen molar-refractivity contribution in [2.45, 2.75) is 13.8 Å². The number of rotatable bonds is 4. The standard InChI is InChI=1S/C13H12N2O5/c1-6(16)9-7(2)20-13(10(9)11(14)17)15-12(18)8-4-3-5-19-8/h3-5H,1-2H3,(H2,14,17)(H,15,18). The SMILES string of the molecule is CC(=O)c1c(C)oc(NC(=O)c2ccco2)c1C(N)=O. The zero-order valence-corrected chi connectivity index (χ0v) is 10.9. The largest absolute Gasteiger partial charge is 0.459 e. The summed E-state index contributed by atoms with van der Waals surface area (Å²) >= 11 is 0. The summed E-state index contributed by atoms with van der Waals surface area (Å²) in [6.07, 6.45) is 1.33. The van der Waals surface area contributed by atoms with Gasteiger partial charge in [0.15, 0.2) is 11.5 Å². The van der Waals surface area contributed by atoms with Crippen LogP contribution in [-0.4, -0.2) is 17.6 Å². The van der Waals surface area contributed by atoms with E-state index in [-0.39, 0.29) is 34.3 Å². The van der Waals surface area contributed by atoms with Gasteiger partial charge in [0.2, 0.25) is 5.88 Å². The molecule has 0 aliphatic carbocycles. The van der Waals surface area contributed by atoms with E-state index >= 15 is 0 Å². The quantitative estimate of drug-likeness (QED) is 0.825. The molecule has 3 N–H and O–H groups in total. The highest BCUT2D eigenvalue weighted by molar-refractivity contribution is 6.13. The first kappa shape index (κ1) is 13.6. The van der Waals surface area contributed by atoms with Gasteiger partial charge in [-0.25, -0.2) is 0 Å². The molecule has 0 unspecified atom stereocenters. The maximum Gasteiger partial charge on any atom is 0.293 e. The van der Waals surface area contributed by atoms with Gasteiger partial charge in [-0.2, -0.15) is 0 Å². The van der Waals surface area contributed by atoms with Crippen LogP contribution in [0, 0.1) is 6.92 Å². The second-order valence-corrected chi connectivity index (χ2v) is 4.09. The summed E-state index contributed by atoms with van der Waals surface area (Å²) in [6.45, 7) is 2.79. The molecule has 2 aromatic heterocycles. The second-order valence-electron chi connectivity index (χ2n) is 4.09. The van der Waals surface area contributed by atoms with E-state index in [0.29, 0.717) is 0 Å². The summed E-state index contributed by atoms with van der Waals surface area (Å²) in [4.78, 5) is 34.8. The van der Waals surface area contributed by atoms with Crippen molar-refractivity contribution in [3.8, 4) is 0 Å². The first-order valence-electron chi connectivity index (χ1n) is 5.70.